The average Bonchev–Trinajstić information content (AvgIpc) is 3.29. The molecule has 0 saturated carbocycles. The minimum absolute atomic E-state index is 0.00211. The van der Waals surface area contributed by atoms with Gasteiger partial charge in [0.15, 0.2) is 5.65 Å². The lowest BCUT2D eigenvalue weighted by Gasteiger charge is -2.49. The minimum atomic E-state index is -2.77. The Labute approximate surface area is 208 Å². The lowest BCUT2D eigenvalue weighted by atomic mass is 9.94. The Hall–Kier alpha value is -3.32. The van der Waals surface area contributed by atoms with Crippen LogP contribution in [0.2, 0.25) is 0 Å². The molecule has 1 fully saturated rings. The zero-order valence-corrected chi connectivity index (χ0v) is 21.0. The van der Waals surface area contributed by atoms with Crippen LogP contribution in [0.3, 0.4) is 0 Å². The summed E-state index contributed by atoms with van der Waals surface area (Å²) in [6, 6.07) is 6.99. The summed E-state index contributed by atoms with van der Waals surface area (Å²) in [7, 11) is 1.66. The minimum Gasteiger partial charge on any atom is -0.362 e. The highest BCUT2D eigenvalue weighted by atomic mass is 19.3. The van der Waals surface area contributed by atoms with Crippen LogP contribution in [0.25, 0.3) is 5.65 Å². The van der Waals surface area contributed by atoms with Gasteiger partial charge in [-0.15, -0.1) is 0 Å². The number of fused-ring (bicyclic) bond motifs is 1. The number of imidazole rings is 1. The molecular formula is C26H31F3N6O. The molecule has 3 heterocycles. The zero-order chi connectivity index (χ0) is 26.1. The number of benzene rings is 1. The molecule has 1 aliphatic rings. The summed E-state index contributed by atoms with van der Waals surface area (Å²) in [6.07, 6.45) is 0.605. The van der Waals surface area contributed by atoms with Gasteiger partial charge in [0.2, 0.25) is 0 Å². The van der Waals surface area contributed by atoms with Crippen molar-refractivity contribution in [1.82, 2.24) is 19.1 Å². The number of nitrogens with zero attached hydrogens (tertiary/aromatic N) is 6. The largest absolute Gasteiger partial charge is 0.362 e. The molecule has 0 amide bonds. The molecule has 3 atom stereocenters. The van der Waals surface area contributed by atoms with Crippen LogP contribution >= 0.6 is 0 Å². The summed E-state index contributed by atoms with van der Waals surface area (Å²) in [5.74, 6) is -0.672. The van der Waals surface area contributed by atoms with Gasteiger partial charge in [0.1, 0.15) is 5.82 Å². The zero-order valence-electron chi connectivity index (χ0n) is 21.0. The first-order valence-corrected chi connectivity index (χ1v) is 12.2. The van der Waals surface area contributed by atoms with E-state index in [1.165, 1.54) is 16.8 Å². The topological polar surface area (TPSA) is 69.6 Å². The molecule has 1 aliphatic heterocycles. The number of anilines is 1. The van der Waals surface area contributed by atoms with E-state index < -0.39 is 12.2 Å². The molecule has 192 valence electrons. The van der Waals surface area contributed by atoms with Crippen molar-refractivity contribution in [2.24, 2.45) is 7.05 Å². The monoisotopic (exact) mass is 500 g/mol. The fourth-order valence-electron chi connectivity index (χ4n) is 5.33. The van der Waals surface area contributed by atoms with E-state index in [0.717, 1.165) is 18.9 Å². The van der Waals surface area contributed by atoms with E-state index in [0.29, 0.717) is 35.7 Å². The molecule has 0 bridgehead atoms. The van der Waals surface area contributed by atoms with Crippen molar-refractivity contribution in [1.29, 1.82) is 5.26 Å². The van der Waals surface area contributed by atoms with Crippen LogP contribution in [0.15, 0.2) is 35.3 Å². The summed E-state index contributed by atoms with van der Waals surface area (Å²) in [6.45, 7) is 7.16. The third-order valence-electron chi connectivity index (χ3n) is 7.35. The maximum Gasteiger partial charge on any atom is 0.267 e. The Bertz CT molecular complexity index is 1340. The van der Waals surface area contributed by atoms with Gasteiger partial charge in [0.25, 0.3) is 12.0 Å². The Morgan fingerprint density at radius 1 is 1.14 bits per heavy atom. The SMILES string of the molecule is CC[C@H]1CN(C(C)c2ccc(F)cc2C(F)F)[C@H](CC)CN1c1cc(=O)n(C)n2cc(CC#N)nc12. The van der Waals surface area contributed by atoms with Crippen LogP contribution in [-0.4, -0.2) is 44.3 Å². The smallest absolute Gasteiger partial charge is 0.267 e. The van der Waals surface area contributed by atoms with E-state index in [1.807, 2.05) is 13.8 Å². The number of nitriles is 1. The van der Waals surface area contributed by atoms with Crippen LogP contribution in [-0.2, 0) is 13.5 Å². The molecule has 0 radical (unpaired) electrons. The number of aromatic nitrogens is 3. The average molecular weight is 501 g/mol. The molecule has 2 aromatic heterocycles. The maximum atomic E-state index is 13.8. The molecular weight excluding hydrogens is 469 g/mol. The van der Waals surface area contributed by atoms with E-state index in [-0.39, 0.29) is 35.7 Å². The molecule has 0 N–H and O–H groups in total. The van der Waals surface area contributed by atoms with Gasteiger partial charge in [-0.1, -0.05) is 19.9 Å². The van der Waals surface area contributed by atoms with E-state index in [4.69, 9.17) is 5.26 Å². The molecule has 1 unspecified atom stereocenters. The normalized spacial score (nSPS) is 19.7. The second-order valence-electron chi connectivity index (χ2n) is 9.35. The quantitative estimate of drug-likeness (QED) is 0.474. The van der Waals surface area contributed by atoms with Gasteiger partial charge >= 0.3 is 0 Å². The van der Waals surface area contributed by atoms with Gasteiger partial charge in [-0.3, -0.25) is 9.69 Å². The number of rotatable bonds is 7. The maximum absolute atomic E-state index is 13.8. The molecule has 0 spiro atoms. The molecule has 10 heteroatoms. The van der Waals surface area contributed by atoms with Crippen molar-refractivity contribution >= 4 is 11.3 Å². The summed E-state index contributed by atoms with van der Waals surface area (Å²) in [5, 5.41) is 9.13. The van der Waals surface area contributed by atoms with Gasteiger partial charge in [-0.25, -0.2) is 27.4 Å². The predicted molar refractivity (Wildman–Crippen MR) is 132 cm³/mol. The third-order valence-corrected chi connectivity index (χ3v) is 7.35. The first-order chi connectivity index (χ1) is 17.2. The fourth-order valence-corrected chi connectivity index (χ4v) is 5.33. The summed E-state index contributed by atoms with van der Waals surface area (Å²) >= 11 is 0. The van der Waals surface area contributed by atoms with E-state index in [9.17, 15) is 18.0 Å². The Balaban J connectivity index is 1.74. The van der Waals surface area contributed by atoms with E-state index >= 15 is 0 Å². The fraction of sp³-hybridized carbons (Fsp3) is 0.500. The van der Waals surface area contributed by atoms with Crippen molar-refractivity contribution < 1.29 is 13.2 Å². The van der Waals surface area contributed by atoms with Gasteiger partial charge in [0.05, 0.1) is 30.1 Å². The number of alkyl halides is 2. The van der Waals surface area contributed by atoms with Gasteiger partial charge in [-0.2, -0.15) is 5.26 Å². The summed E-state index contributed by atoms with van der Waals surface area (Å²) in [4.78, 5) is 21.9. The second-order valence-corrected chi connectivity index (χ2v) is 9.35. The van der Waals surface area contributed by atoms with Crippen LogP contribution in [0.5, 0.6) is 0 Å². The Morgan fingerprint density at radius 2 is 1.86 bits per heavy atom. The van der Waals surface area contributed by atoms with Gasteiger partial charge < -0.3 is 4.90 Å². The molecule has 36 heavy (non-hydrogen) atoms. The first kappa shape index (κ1) is 25.8. The standard InChI is InChI=1S/C26H31F3N6O/c1-5-19-15-34(23-12-24(36)32(4)35-13-18(9-10-30)31-26(23)35)20(6-2)14-33(19)16(3)21-8-7-17(27)11-22(21)25(28)29/h7-8,11-13,16,19-20,25H,5-6,9,14-15H2,1-4H3/t16?,19-,20+/m1/s1. The lowest BCUT2D eigenvalue weighted by Crippen LogP contribution is -2.59. The number of aryl methyl sites for hydroxylation is 1. The van der Waals surface area contributed by atoms with Crippen LogP contribution in [0.1, 0.15) is 62.9 Å². The summed E-state index contributed by atoms with van der Waals surface area (Å²) in [5.41, 5.74) is 1.86. The van der Waals surface area contributed by atoms with Crippen molar-refractivity contribution in [2.45, 2.75) is 64.6 Å². The van der Waals surface area contributed by atoms with Crippen molar-refractivity contribution in [3.8, 4) is 6.07 Å². The van der Waals surface area contributed by atoms with E-state index in [2.05, 4.69) is 27.8 Å². The summed E-state index contributed by atoms with van der Waals surface area (Å²) < 4.78 is 44.4. The highest BCUT2D eigenvalue weighted by Gasteiger charge is 2.37. The number of hydrogen-bond acceptors (Lipinski definition) is 5. The van der Waals surface area contributed by atoms with Gasteiger partial charge in [0, 0.05) is 49.9 Å². The number of hydrogen-bond donors (Lipinski definition) is 0. The van der Waals surface area contributed by atoms with Gasteiger partial charge in [-0.05, 0) is 37.5 Å². The Kier molecular flexibility index (Phi) is 7.41. The molecule has 1 aromatic carbocycles. The first-order valence-electron chi connectivity index (χ1n) is 12.2. The lowest BCUT2D eigenvalue weighted by molar-refractivity contribution is 0.0958. The molecule has 0 aliphatic carbocycles. The second kappa shape index (κ2) is 10.3. The molecule has 4 rings (SSSR count). The predicted octanol–water partition coefficient (Wildman–Crippen LogP) is 4.62. The molecule has 1 saturated heterocycles. The highest BCUT2D eigenvalue weighted by Crippen LogP contribution is 2.36. The molecule has 7 nitrogen and oxygen atoms in total. The van der Waals surface area contributed by atoms with Crippen LogP contribution < -0.4 is 10.5 Å². The highest BCUT2D eigenvalue weighted by molar-refractivity contribution is 5.69. The van der Waals surface area contributed by atoms with Crippen molar-refractivity contribution in [3.05, 3.63) is 63.5 Å². The number of piperazine rings is 1. The van der Waals surface area contributed by atoms with Crippen molar-refractivity contribution in [2.75, 3.05) is 18.0 Å². The Morgan fingerprint density at radius 3 is 2.50 bits per heavy atom. The molecule has 3 aromatic rings. The van der Waals surface area contributed by atoms with Crippen LogP contribution in [0.4, 0.5) is 18.9 Å². The van der Waals surface area contributed by atoms with Crippen LogP contribution in [0, 0.1) is 17.1 Å². The van der Waals surface area contributed by atoms with E-state index in [1.54, 1.807) is 23.8 Å². The number of halogens is 3. The van der Waals surface area contributed by atoms with Crippen molar-refractivity contribution in [3.63, 3.8) is 0 Å². The third kappa shape index (κ3) is 4.60.